The fourth-order valence-electron chi connectivity index (χ4n) is 1.18. The standard InChI is InChI=1S/C9H9N3O3S/c13-9(14)11-2-1-6-3-7(12-15-6)8-4-10-5-16-8/h3-5,11H,1-2H2,(H,13,14). The van der Waals surface area contributed by atoms with Crippen LogP contribution < -0.4 is 5.32 Å². The quantitative estimate of drug-likeness (QED) is 0.846. The molecule has 0 aromatic carbocycles. The normalized spacial score (nSPS) is 10.2. The molecule has 2 aromatic rings. The van der Waals surface area contributed by atoms with Crippen molar-refractivity contribution >= 4 is 17.4 Å². The maximum Gasteiger partial charge on any atom is 0.404 e. The van der Waals surface area contributed by atoms with Gasteiger partial charge in [-0.2, -0.15) is 0 Å². The fourth-order valence-corrected chi connectivity index (χ4v) is 1.76. The lowest BCUT2D eigenvalue weighted by atomic mass is 10.3. The molecule has 0 aliphatic carbocycles. The molecule has 2 aromatic heterocycles. The van der Waals surface area contributed by atoms with Crippen LogP contribution in [-0.2, 0) is 6.42 Å². The highest BCUT2D eigenvalue weighted by molar-refractivity contribution is 7.13. The largest absolute Gasteiger partial charge is 0.465 e. The summed E-state index contributed by atoms with van der Waals surface area (Å²) in [4.78, 5) is 15.1. The minimum absolute atomic E-state index is 0.312. The topological polar surface area (TPSA) is 88.2 Å². The number of carboxylic acid groups (broad SMARTS) is 1. The van der Waals surface area contributed by atoms with Crippen LogP contribution in [0, 0.1) is 0 Å². The van der Waals surface area contributed by atoms with Crippen molar-refractivity contribution in [1.82, 2.24) is 15.5 Å². The molecule has 0 atom stereocenters. The van der Waals surface area contributed by atoms with Gasteiger partial charge in [-0.05, 0) is 0 Å². The number of amides is 1. The molecular weight excluding hydrogens is 230 g/mol. The molecule has 2 N–H and O–H groups in total. The number of hydrogen-bond acceptors (Lipinski definition) is 5. The first-order valence-electron chi connectivity index (χ1n) is 4.57. The van der Waals surface area contributed by atoms with E-state index in [0.717, 1.165) is 10.6 Å². The van der Waals surface area contributed by atoms with E-state index in [9.17, 15) is 4.79 Å². The lowest BCUT2D eigenvalue weighted by Crippen LogP contribution is -2.23. The van der Waals surface area contributed by atoms with Gasteiger partial charge in [0.05, 0.1) is 10.4 Å². The van der Waals surface area contributed by atoms with E-state index in [1.165, 1.54) is 11.3 Å². The van der Waals surface area contributed by atoms with E-state index in [0.29, 0.717) is 18.7 Å². The predicted octanol–water partition coefficient (Wildman–Crippen LogP) is 1.61. The highest BCUT2D eigenvalue weighted by atomic mass is 32.1. The van der Waals surface area contributed by atoms with Crippen LogP contribution in [0.1, 0.15) is 5.76 Å². The maximum absolute atomic E-state index is 10.2. The van der Waals surface area contributed by atoms with Crippen LogP contribution in [0.25, 0.3) is 10.6 Å². The maximum atomic E-state index is 10.2. The van der Waals surface area contributed by atoms with Gasteiger partial charge in [-0.1, -0.05) is 5.16 Å². The third-order valence-corrected chi connectivity index (χ3v) is 2.69. The monoisotopic (exact) mass is 239 g/mol. The molecule has 0 bridgehead atoms. The summed E-state index contributed by atoms with van der Waals surface area (Å²) >= 11 is 1.47. The minimum atomic E-state index is -1.04. The lowest BCUT2D eigenvalue weighted by molar-refractivity contribution is 0.194. The van der Waals surface area contributed by atoms with Crippen molar-refractivity contribution in [3.8, 4) is 10.6 Å². The van der Waals surface area contributed by atoms with Crippen LogP contribution in [0.2, 0.25) is 0 Å². The summed E-state index contributed by atoms with van der Waals surface area (Å²) in [6.07, 6.45) is 1.15. The third-order valence-electron chi connectivity index (χ3n) is 1.89. The Labute approximate surface area is 94.9 Å². The molecular formula is C9H9N3O3S. The Morgan fingerprint density at radius 1 is 1.62 bits per heavy atom. The Morgan fingerprint density at radius 3 is 3.19 bits per heavy atom. The van der Waals surface area contributed by atoms with E-state index in [2.05, 4.69) is 15.5 Å². The van der Waals surface area contributed by atoms with Crippen LogP contribution in [0.3, 0.4) is 0 Å². The van der Waals surface area contributed by atoms with E-state index in [4.69, 9.17) is 9.63 Å². The van der Waals surface area contributed by atoms with Gasteiger partial charge < -0.3 is 14.9 Å². The van der Waals surface area contributed by atoms with Crippen LogP contribution >= 0.6 is 11.3 Å². The van der Waals surface area contributed by atoms with Gasteiger partial charge in [-0.3, -0.25) is 4.98 Å². The molecule has 0 aliphatic heterocycles. The van der Waals surface area contributed by atoms with E-state index in [-0.39, 0.29) is 0 Å². The molecule has 0 radical (unpaired) electrons. The highest BCUT2D eigenvalue weighted by Gasteiger charge is 2.07. The molecule has 1 amide bonds. The number of nitrogens with one attached hydrogen (secondary N) is 1. The average molecular weight is 239 g/mol. The molecule has 2 heterocycles. The summed E-state index contributed by atoms with van der Waals surface area (Å²) in [7, 11) is 0. The number of hydrogen-bond donors (Lipinski definition) is 2. The number of nitrogens with zero attached hydrogens (tertiary/aromatic N) is 2. The Balaban J connectivity index is 1.95. The predicted molar refractivity (Wildman–Crippen MR) is 57.3 cm³/mol. The van der Waals surface area contributed by atoms with E-state index in [1.807, 2.05) is 0 Å². The Kier molecular flexibility index (Phi) is 3.16. The van der Waals surface area contributed by atoms with Gasteiger partial charge in [0.15, 0.2) is 0 Å². The van der Waals surface area contributed by atoms with Gasteiger partial charge in [0.1, 0.15) is 11.5 Å². The number of rotatable bonds is 4. The Hall–Kier alpha value is -1.89. The van der Waals surface area contributed by atoms with E-state index in [1.54, 1.807) is 17.8 Å². The Bertz CT molecular complexity index is 466. The molecule has 0 saturated heterocycles. The lowest BCUT2D eigenvalue weighted by Gasteiger charge is -1.95. The Morgan fingerprint density at radius 2 is 2.50 bits per heavy atom. The van der Waals surface area contributed by atoms with E-state index < -0.39 is 6.09 Å². The summed E-state index contributed by atoms with van der Waals surface area (Å²) < 4.78 is 5.07. The van der Waals surface area contributed by atoms with Crippen LogP contribution in [0.15, 0.2) is 22.3 Å². The molecule has 16 heavy (non-hydrogen) atoms. The molecule has 7 heteroatoms. The average Bonchev–Trinajstić information content (AvgIpc) is 2.85. The van der Waals surface area contributed by atoms with Crippen LogP contribution in [0.5, 0.6) is 0 Å². The van der Waals surface area contributed by atoms with Crippen molar-refractivity contribution in [3.05, 3.63) is 23.5 Å². The molecule has 0 unspecified atom stereocenters. The minimum Gasteiger partial charge on any atom is -0.465 e. The van der Waals surface area contributed by atoms with Crippen molar-refractivity contribution in [2.45, 2.75) is 6.42 Å². The van der Waals surface area contributed by atoms with Crippen molar-refractivity contribution in [2.75, 3.05) is 6.54 Å². The van der Waals surface area contributed by atoms with Crippen molar-refractivity contribution < 1.29 is 14.4 Å². The summed E-state index contributed by atoms with van der Waals surface area (Å²) in [6, 6.07) is 1.79. The van der Waals surface area contributed by atoms with Gasteiger partial charge in [-0.15, -0.1) is 11.3 Å². The zero-order valence-corrected chi connectivity index (χ0v) is 9.03. The second kappa shape index (κ2) is 4.75. The van der Waals surface area contributed by atoms with Gasteiger partial charge in [-0.25, -0.2) is 4.79 Å². The SMILES string of the molecule is O=C(O)NCCc1cc(-c2cncs2)no1. The first kappa shape index (κ1) is 10.6. The number of thiazole rings is 1. The van der Waals surface area contributed by atoms with Crippen molar-refractivity contribution in [3.63, 3.8) is 0 Å². The second-order valence-electron chi connectivity index (χ2n) is 3.03. The van der Waals surface area contributed by atoms with Gasteiger partial charge in [0, 0.05) is 25.2 Å². The molecule has 0 saturated carbocycles. The highest BCUT2D eigenvalue weighted by Crippen LogP contribution is 2.22. The van der Waals surface area contributed by atoms with Crippen LogP contribution in [-0.4, -0.2) is 27.9 Å². The van der Waals surface area contributed by atoms with Crippen molar-refractivity contribution in [2.24, 2.45) is 0 Å². The summed E-state index contributed by atoms with van der Waals surface area (Å²) in [5.74, 6) is 0.650. The smallest absolute Gasteiger partial charge is 0.404 e. The summed E-state index contributed by atoms with van der Waals surface area (Å²) in [5, 5.41) is 14.5. The third kappa shape index (κ3) is 2.57. The zero-order valence-electron chi connectivity index (χ0n) is 8.21. The van der Waals surface area contributed by atoms with Crippen molar-refractivity contribution in [1.29, 1.82) is 0 Å². The molecule has 0 aliphatic rings. The van der Waals surface area contributed by atoms with Gasteiger partial charge in [0.25, 0.3) is 0 Å². The number of carbonyl (C=O) groups is 1. The molecule has 84 valence electrons. The number of aromatic nitrogens is 2. The first-order chi connectivity index (χ1) is 7.75. The molecule has 6 nitrogen and oxygen atoms in total. The zero-order chi connectivity index (χ0) is 11.4. The summed E-state index contributed by atoms with van der Waals surface area (Å²) in [5.41, 5.74) is 2.45. The first-order valence-corrected chi connectivity index (χ1v) is 5.45. The molecule has 0 fully saturated rings. The fraction of sp³-hybridized carbons (Fsp3) is 0.222. The van der Waals surface area contributed by atoms with Crippen LogP contribution in [0.4, 0.5) is 4.79 Å². The van der Waals surface area contributed by atoms with Gasteiger partial charge in [0.2, 0.25) is 0 Å². The molecule has 0 spiro atoms. The molecule has 2 rings (SSSR count). The summed E-state index contributed by atoms with van der Waals surface area (Å²) in [6.45, 7) is 0.312. The van der Waals surface area contributed by atoms with E-state index >= 15 is 0 Å². The second-order valence-corrected chi connectivity index (χ2v) is 3.91. The van der Waals surface area contributed by atoms with Gasteiger partial charge >= 0.3 is 6.09 Å².